The van der Waals surface area contributed by atoms with Gasteiger partial charge in [-0.15, -0.1) is 0 Å². The van der Waals surface area contributed by atoms with Crippen LogP contribution in [0.3, 0.4) is 0 Å². The molecular formula is C13H14ClF3N2O3. The van der Waals surface area contributed by atoms with Crippen LogP contribution in [0.5, 0.6) is 5.75 Å². The summed E-state index contributed by atoms with van der Waals surface area (Å²) in [6.07, 6.45) is -4.62. The molecule has 1 fully saturated rings. The topological polar surface area (TPSA) is 61.8 Å². The normalized spacial score (nSPS) is 18.4. The number of halogens is 4. The fourth-order valence-electron chi connectivity index (χ4n) is 2.01. The number of anilines is 1. The number of β-amino-alcohol motifs (C(OH)–C–C–N with tert-alkyl or cyclic N) is 1. The monoisotopic (exact) mass is 338 g/mol. The van der Waals surface area contributed by atoms with E-state index in [1.165, 1.54) is 23.1 Å². The van der Waals surface area contributed by atoms with Gasteiger partial charge in [0.05, 0.1) is 11.8 Å². The van der Waals surface area contributed by atoms with Crippen molar-refractivity contribution >= 4 is 23.3 Å². The highest BCUT2D eigenvalue weighted by atomic mass is 35.5. The van der Waals surface area contributed by atoms with Crippen molar-refractivity contribution < 1.29 is 27.8 Å². The number of nitrogens with zero attached hydrogens (tertiary/aromatic N) is 1. The van der Waals surface area contributed by atoms with Gasteiger partial charge in [0.1, 0.15) is 5.75 Å². The number of likely N-dealkylation sites (tertiary alicyclic amines) is 1. The lowest BCUT2D eigenvalue weighted by atomic mass is 10.3. The second-order valence-electron chi connectivity index (χ2n) is 4.86. The molecule has 0 unspecified atom stereocenters. The zero-order valence-corrected chi connectivity index (χ0v) is 12.1. The van der Waals surface area contributed by atoms with Crippen LogP contribution in [0.1, 0.15) is 6.42 Å². The number of amides is 2. The Balaban J connectivity index is 2.08. The van der Waals surface area contributed by atoms with Crippen molar-refractivity contribution in [2.24, 2.45) is 0 Å². The van der Waals surface area contributed by atoms with E-state index in [9.17, 15) is 23.1 Å². The first-order valence-electron chi connectivity index (χ1n) is 6.48. The van der Waals surface area contributed by atoms with Crippen molar-refractivity contribution in [2.45, 2.75) is 18.7 Å². The predicted molar refractivity (Wildman–Crippen MR) is 74.2 cm³/mol. The van der Waals surface area contributed by atoms with Gasteiger partial charge in [0.15, 0.2) is 6.61 Å². The molecule has 0 spiro atoms. The van der Waals surface area contributed by atoms with Gasteiger partial charge in [0.2, 0.25) is 0 Å². The summed E-state index contributed by atoms with van der Waals surface area (Å²) in [7, 11) is 0. The predicted octanol–water partition coefficient (Wildman–Crippen LogP) is 2.88. The van der Waals surface area contributed by atoms with Gasteiger partial charge in [0, 0.05) is 18.1 Å². The van der Waals surface area contributed by atoms with Crippen LogP contribution in [0, 0.1) is 0 Å². The summed E-state index contributed by atoms with van der Waals surface area (Å²) < 4.78 is 41.4. The van der Waals surface area contributed by atoms with Gasteiger partial charge < -0.3 is 20.1 Å². The van der Waals surface area contributed by atoms with Crippen molar-refractivity contribution in [3.8, 4) is 5.75 Å². The van der Waals surface area contributed by atoms with Gasteiger partial charge >= 0.3 is 12.2 Å². The number of alkyl halides is 3. The largest absolute Gasteiger partial charge is 0.482 e. The van der Waals surface area contributed by atoms with Gasteiger partial charge in [-0.3, -0.25) is 0 Å². The molecule has 1 atom stereocenters. The molecule has 9 heteroatoms. The number of nitrogens with one attached hydrogen (secondary N) is 1. The van der Waals surface area contributed by atoms with Crippen LogP contribution in [0.15, 0.2) is 18.2 Å². The lowest BCUT2D eigenvalue weighted by molar-refractivity contribution is -0.153. The van der Waals surface area contributed by atoms with E-state index in [-0.39, 0.29) is 23.0 Å². The molecule has 0 saturated carbocycles. The molecule has 122 valence electrons. The van der Waals surface area contributed by atoms with E-state index in [1.54, 1.807) is 0 Å². The van der Waals surface area contributed by atoms with Gasteiger partial charge in [0.25, 0.3) is 0 Å². The van der Waals surface area contributed by atoms with Gasteiger partial charge in [-0.1, -0.05) is 11.6 Å². The summed E-state index contributed by atoms with van der Waals surface area (Å²) in [5.41, 5.74) is 0.0446. The van der Waals surface area contributed by atoms with Crippen molar-refractivity contribution in [3.63, 3.8) is 0 Å². The lowest BCUT2D eigenvalue weighted by Crippen LogP contribution is -2.33. The minimum atomic E-state index is -4.49. The molecule has 1 aromatic rings. The van der Waals surface area contributed by atoms with E-state index in [0.29, 0.717) is 13.0 Å². The maximum atomic E-state index is 12.2. The van der Waals surface area contributed by atoms with E-state index in [0.717, 1.165) is 0 Å². The molecule has 22 heavy (non-hydrogen) atoms. The molecule has 0 bridgehead atoms. The number of hydrogen-bond donors (Lipinski definition) is 2. The highest BCUT2D eigenvalue weighted by Crippen LogP contribution is 2.30. The van der Waals surface area contributed by atoms with Gasteiger partial charge in [-0.05, 0) is 24.6 Å². The summed E-state index contributed by atoms with van der Waals surface area (Å²) >= 11 is 5.79. The molecule has 1 saturated heterocycles. The van der Waals surface area contributed by atoms with Crippen LogP contribution in [0.2, 0.25) is 5.02 Å². The molecular weight excluding hydrogens is 325 g/mol. The molecule has 1 aromatic carbocycles. The van der Waals surface area contributed by atoms with E-state index in [1.807, 2.05) is 0 Å². The summed E-state index contributed by atoms with van der Waals surface area (Å²) in [4.78, 5) is 13.4. The summed E-state index contributed by atoms with van der Waals surface area (Å²) in [6.45, 7) is -0.933. The zero-order valence-electron chi connectivity index (χ0n) is 11.4. The van der Waals surface area contributed by atoms with Crippen LogP contribution in [-0.2, 0) is 0 Å². The third-order valence-corrected chi connectivity index (χ3v) is 3.26. The highest BCUT2D eigenvalue weighted by Gasteiger charge is 2.29. The number of carbonyl (C=O) groups excluding carboxylic acids is 1. The minimum Gasteiger partial charge on any atom is -0.482 e. The molecule has 1 aliphatic rings. The summed E-state index contributed by atoms with van der Waals surface area (Å²) in [5.74, 6) is -0.130. The molecule has 0 aliphatic carbocycles. The molecule has 2 amide bonds. The maximum absolute atomic E-state index is 12.2. The molecule has 2 N–H and O–H groups in total. The summed E-state index contributed by atoms with van der Waals surface area (Å²) in [5, 5.41) is 12.1. The average molecular weight is 339 g/mol. The number of benzene rings is 1. The van der Waals surface area contributed by atoms with Gasteiger partial charge in [-0.2, -0.15) is 13.2 Å². The van der Waals surface area contributed by atoms with Crippen LogP contribution >= 0.6 is 11.6 Å². The Morgan fingerprint density at radius 3 is 2.82 bits per heavy atom. The number of aliphatic hydroxyl groups excluding tert-OH is 1. The third kappa shape index (κ3) is 4.67. The first kappa shape index (κ1) is 16.7. The summed E-state index contributed by atoms with van der Waals surface area (Å²) in [6, 6.07) is 3.39. The van der Waals surface area contributed by atoms with Gasteiger partial charge in [-0.25, -0.2) is 4.79 Å². The quantitative estimate of drug-likeness (QED) is 0.891. The smallest absolute Gasteiger partial charge is 0.422 e. The second-order valence-corrected chi connectivity index (χ2v) is 5.30. The molecule has 1 aliphatic heterocycles. The Labute approximate surface area is 129 Å². The number of hydrogen-bond acceptors (Lipinski definition) is 3. The number of aliphatic hydroxyl groups is 1. The van der Waals surface area contributed by atoms with Crippen molar-refractivity contribution in [2.75, 3.05) is 25.0 Å². The number of rotatable bonds is 3. The minimum absolute atomic E-state index is 0.0446. The molecule has 1 heterocycles. The van der Waals surface area contributed by atoms with Crippen molar-refractivity contribution in [1.29, 1.82) is 0 Å². The van der Waals surface area contributed by atoms with Crippen LogP contribution < -0.4 is 10.1 Å². The fraction of sp³-hybridized carbons (Fsp3) is 0.462. The van der Waals surface area contributed by atoms with E-state index in [4.69, 9.17) is 11.6 Å². The number of ether oxygens (including phenoxy) is 1. The zero-order chi connectivity index (χ0) is 16.3. The molecule has 0 aromatic heterocycles. The first-order valence-corrected chi connectivity index (χ1v) is 6.85. The Morgan fingerprint density at radius 2 is 2.23 bits per heavy atom. The number of carbonyl (C=O) groups is 1. The Hall–Kier alpha value is -1.67. The van der Waals surface area contributed by atoms with Crippen LogP contribution in [0.25, 0.3) is 0 Å². The van der Waals surface area contributed by atoms with E-state index >= 15 is 0 Å². The van der Waals surface area contributed by atoms with E-state index in [2.05, 4.69) is 10.1 Å². The van der Waals surface area contributed by atoms with Crippen molar-refractivity contribution in [3.05, 3.63) is 23.2 Å². The van der Waals surface area contributed by atoms with Crippen LogP contribution in [-0.4, -0.2) is 48.0 Å². The Bertz CT molecular complexity index is 554. The van der Waals surface area contributed by atoms with Crippen LogP contribution in [0.4, 0.5) is 23.7 Å². The molecule has 5 nitrogen and oxygen atoms in total. The van der Waals surface area contributed by atoms with Crippen molar-refractivity contribution in [1.82, 2.24) is 4.90 Å². The Morgan fingerprint density at radius 1 is 1.50 bits per heavy atom. The third-order valence-electron chi connectivity index (χ3n) is 3.03. The lowest BCUT2D eigenvalue weighted by Gasteiger charge is -2.19. The average Bonchev–Trinajstić information content (AvgIpc) is 2.83. The molecule has 0 radical (unpaired) electrons. The second kappa shape index (κ2) is 6.62. The fourth-order valence-corrected chi connectivity index (χ4v) is 2.18. The standard InChI is InChI=1S/C13H14ClF3N2O3/c14-8-1-2-11(22-7-13(15,16)17)10(5-8)18-12(21)19-4-3-9(20)6-19/h1-2,5,9,20H,3-4,6-7H2,(H,18,21)/t9-/m1/s1. The molecule has 2 rings (SSSR count). The highest BCUT2D eigenvalue weighted by molar-refractivity contribution is 6.31. The Kier molecular flexibility index (Phi) is 5.02. The van der Waals surface area contributed by atoms with E-state index < -0.39 is 24.9 Å². The SMILES string of the molecule is O=C(Nc1cc(Cl)ccc1OCC(F)(F)F)N1CC[C@@H](O)C1. The number of urea groups is 1. The maximum Gasteiger partial charge on any atom is 0.422 e. The first-order chi connectivity index (χ1) is 10.2.